The maximum atomic E-state index is 13.0. The van der Waals surface area contributed by atoms with Crippen LogP contribution < -0.4 is 0 Å². The van der Waals surface area contributed by atoms with Crippen LogP contribution >= 0.6 is 0 Å². The first kappa shape index (κ1) is 23.1. The number of hydrogen-bond donors (Lipinski definition) is 10. The molecule has 2 aromatic carbocycles. The zero-order valence-corrected chi connectivity index (χ0v) is 16.8. The number of carbonyl (C=O) groups is 3. The molecule has 2 aromatic rings. The highest BCUT2D eigenvalue weighted by atomic mass is 16.6. The van der Waals surface area contributed by atoms with Crippen molar-refractivity contribution in [3.8, 4) is 34.5 Å². The molecule has 0 amide bonds. The highest BCUT2D eigenvalue weighted by Crippen LogP contribution is 2.38. The van der Waals surface area contributed by atoms with E-state index in [4.69, 9.17) is 12.6 Å². The molecule has 0 saturated heterocycles. The quantitative estimate of drug-likeness (QED) is 0.0602. The van der Waals surface area contributed by atoms with Crippen LogP contribution in [0.4, 0.5) is 0 Å². The number of hydrogen-bond acceptors (Lipinski definition) is 14. The van der Waals surface area contributed by atoms with Crippen molar-refractivity contribution in [2.75, 3.05) is 6.61 Å². The SMILES string of the molecule is [2H]c1c(C(=O)O[C@@H]([C@H](O)[C@H](O)CO)[C@@](O)(C=O)C(=O)c2cc(O)c(O)c(O)c2[2H])cc(O)c(O)c1O. The molecular weight excluding hydrogens is 464 g/mol. The summed E-state index contributed by atoms with van der Waals surface area (Å²) in [5, 5.41) is 97.7. The Morgan fingerprint density at radius 2 is 1.41 bits per heavy atom. The van der Waals surface area contributed by atoms with Crippen molar-refractivity contribution in [3.05, 3.63) is 35.3 Å². The molecule has 4 atom stereocenters. The van der Waals surface area contributed by atoms with E-state index in [1.54, 1.807) is 0 Å². The van der Waals surface area contributed by atoms with Gasteiger partial charge in [0.2, 0.25) is 11.4 Å². The largest absolute Gasteiger partial charge is 0.504 e. The Kier molecular flexibility index (Phi) is 6.65. The Hall–Kier alpha value is -4.11. The standard InChI is InChI=1S/C20H20O14/c21-5-13(27)16(30)18(34-19(32)8-3-11(25)15(29)12(26)4-8)20(33,6-22)17(31)7-1-9(23)14(28)10(24)2-7/h1-4,6,13,16,18,21,23-30,33H,5H2/t13-,16-,18+,20-/m1/s1/i1D,3D. The van der Waals surface area contributed by atoms with Crippen molar-refractivity contribution < 1.29 is 72.9 Å². The van der Waals surface area contributed by atoms with E-state index in [1.807, 2.05) is 0 Å². The summed E-state index contributed by atoms with van der Waals surface area (Å²) < 4.78 is 20.2. The summed E-state index contributed by atoms with van der Waals surface area (Å²) in [5.41, 5.74) is -5.87. The molecule has 0 heterocycles. The minimum absolute atomic E-state index is 0.347. The number of rotatable bonds is 9. The molecular formula is C20H20O14. The van der Waals surface area contributed by atoms with Gasteiger partial charge in [-0.1, -0.05) is 0 Å². The van der Waals surface area contributed by atoms with Gasteiger partial charge in [0.15, 0.2) is 46.9 Å². The minimum Gasteiger partial charge on any atom is -0.504 e. The summed E-state index contributed by atoms with van der Waals surface area (Å²) in [6.45, 7) is -1.27. The number of ketones is 1. The summed E-state index contributed by atoms with van der Waals surface area (Å²) in [6, 6.07) is -1.61. The lowest BCUT2D eigenvalue weighted by molar-refractivity contribution is -0.154. The van der Waals surface area contributed by atoms with Crippen LogP contribution in [0.1, 0.15) is 23.5 Å². The van der Waals surface area contributed by atoms with Crippen LogP contribution in [-0.4, -0.2) is 99.6 Å². The van der Waals surface area contributed by atoms with Crippen molar-refractivity contribution in [1.82, 2.24) is 0 Å². The average Bonchev–Trinajstić information content (AvgIpc) is 2.86. The molecule has 0 aliphatic heterocycles. The van der Waals surface area contributed by atoms with Crippen molar-refractivity contribution in [2.24, 2.45) is 0 Å². The lowest BCUT2D eigenvalue weighted by atomic mass is 9.84. The van der Waals surface area contributed by atoms with E-state index < -0.39 is 106 Å². The van der Waals surface area contributed by atoms with Crippen LogP contribution in [0, 0.1) is 0 Å². The number of Topliss-reactive ketones (excluding diaryl/α,β-unsaturated/α-hetero) is 1. The molecule has 0 spiro atoms. The van der Waals surface area contributed by atoms with Gasteiger partial charge in [-0.3, -0.25) is 9.59 Å². The molecule has 14 nitrogen and oxygen atoms in total. The smallest absolute Gasteiger partial charge is 0.338 e. The Labute approximate surface area is 192 Å². The lowest BCUT2D eigenvalue weighted by Crippen LogP contribution is -2.60. The average molecular weight is 486 g/mol. The van der Waals surface area contributed by atoms with Crippen LogP contribution in [0.25, 0.3) is 0 Å². The van der Waals surface area contributed by atoms with Gasteiger partial charge in [-0.2, -0.15) is 0 Å². The Morgan fingerprint density at radius 3 is 1.88 bits per heavy atom. The molecule has 0 aliphatic carbocycles. The van der Waals surface area contributed by atoms with E-state index in [0.29, 0.717) is 12.1 Å². The van der Waals surface area contributed by atoms with E-state index in [2.05, 4.69) is 0 Å². The number of esters is 1. The Bertz CT molecular complexity index is 1220. The first-order chi connectivity index (χ1) is 16.6. The number of phenolic OH excluding ortho intramolecular Hbond substituents is 6. The highest BCUT2D eigenvalue weighted by Gasteiger charge is 2.52. The van der Waals surface area contributed by atoms with E-state index in [9.17, 15) is 60.3 Å². The van der Waals surface area contributed by atoms with Crippen LogP contribution in [-0.2, 0) is 9.53 Å². The Morgan fingerprint density at radius 1 is 0.941 bits per heavy atom. The van der Waals surface area contributed by atoms with Gasteiger partial charge < -0.3 is 55.8 Å². The number of benzene rings is 2. The summed E-state index contributed by atoms with van der Waals surface area (Å²) in [5.74, 6) is -11.1. The summed E-state index contributed by atoms with van der Waals surface area (Å²) in [6.07, 6.45) is -8.34. The third-order valence-corrected chi connectivity index (χ3v) is 4.57. The number of aromatic hydroxyl groups is 6. The van der Waals surface area contributed by atoms with Gasteiger partial charge >= 0.3 is 5.97 Å². The van der Waals surface area contributed by atoms with Crippen LogP contribution in [0.3, 0.4) is 0 Å². The lowest BCUT2D eigenvalue weighted by Gasteiger charge is -2.34. The Balaban J connectivity index is 2.67. The minimum atomic E-state index is -3.71. The molecule has 0 aromatic heterocycles. The highest BCUT2D eigenvalue weighted by molar-refractivity contribution is 6.13. The summed E-state index contributed by atoms with van der Waals surface area (Å²) in [4.78, 5) is 37.6. The zero-order valence-electron chi connectivity index (χ0n) is 18.8. The number of aliphatic hydroxyl groups is 4. The number of aliphatic hydroxyl groups excluding tert-OH is 3. The predicted molar refractivity (Wildman–Crippen MR) is 107 cm³/mol. The van der Waals surface area contributed by atoms with Gasteiger partial charge in [0.05, 0.1) is 14.9 Å². The van der Waals surface area contributed by atoms with Crippen molar-refractivity contribution >= 4 is 18.0 Å². The second-order valence-corrected chi connectivity index (χ2v) is 6.87. The molecule has 0 fully saturated rings. The van der Waals surface area contributed by atoms with Crippen molar-refractivity contribution in [2.45, 2.75) is 23.9 Å². The molecule has 184 valence electrons. The van der Waals surface area contributed by atoms with E-state index in [1.165, 1.54) is 0 Å². The maximum Gasteiger partial charge on any atom is 0.338 e. The normalized spacial score (nSPS) is 16.4. The van der Waals surface area contributed by atoms with Gasteiger partial charge in [0, 0.05) is 5.56 Å². The maximum absolute atomic E-state index is 13.0. The first-order valence-electron chi connectivity index (χ1n) is 10.0. The molecule has 0 bridgehead atoms. The second kappa shape index (κ2) is 9.80. The number of ether oxygens (including phenoxy) is 1. The van der Waals surface area contributed by atoms with Gasteiger partial charge in [0.25, 0.3) is 0 Å². The first-order valence-corrected chi connectivity index (χ1v) is 9.04. The number of phenols is 6. The molecule has 14 heteroatoms. The monoisotopic (exact) mass is 486 g/mol. The fourth-order valence-corrected chi connectivity index (χ4v) is 2.70. The predicted octanol–water partition coefficient (Wildman–Crippen LogP) is -2.03. The van der Waals surface area contributed by atoms with E-state index in [-0.39, 0.29) is 0 Å². The molecule has 0 radical (unpaired) electrons. The third kappa shape index (κ3) is 4.79. The van der Waals surface area contributed by atoms with Crippen molar-refractivity contribution in [1.29, 1.82) is 0 Å². The van der Waals surface area contributed by atoms with Crippen LogP contribution in [0.5, 0.6) is 34.5 Å². The van der Waals surface area contributed by atoms with Gasteiger partial charge in [0.1, 0.15) is 12.2 Å². The van der Waals surface area contributed by atoms with E-state index in [0.717, 1.165) is 0 Å². The zero-order chi connectivity index (χ0) is 27.7. The fourth-order valence-electron chi connectivity index (χ4n) is 2.70. The molecule has 10 N–H and O–H groups in total. The number of carbonyl (C=O) groups excluding carboxylic acids is 3. The number of aldehydes is 1. The topological polar surface area (TPSA) is 263 Å². The molecule has 0 unspecified atom stereocenters. The van der Waals surface area contributed by atoms with Gasteiger partial charge in [-0.25, -0.2) is 4.79 Å². The van der Waals surface area contributed by atoms with Gasteiger partial charge in [-0.15, -0.1) is 0 Å². The van der Waals surface area contributed by atoms with E-state index >= 15 is 0 Å². The summed E-state index contributed by atoms with van der Waals surface area (Å²) in [7, 11) is 0. The van der Waals surface area contributed by atoms with Crippen molar-refractivity contribution in [3.63, 3.8) is 0 Å². The fraction of sp³-hybridized carbons (Fsp3) is 0.250. The second-order valence-electron chi connectivity index (χ2n) is 6.87. The van der Waals surface area contributed by atoms with Gasteiger partial charge in [-0.05, 0) is 24.2 Å². The van der Waals surface area contributed by atoms with Crippen LogP contribution in [0.15, 0.2) is 24.2 Å². The molecule has 0 saturated carbocycles. The van der Waals surface area contributed by atoms with Crippen LogP contribution in [0.2, 0.25) is 0 Å². The summed E-state index contributed by atoms with van der Waals surface area (Å²) >= 11 is 0. The molecule has 2 rings (SSSR count). The third-order valence-electron chi connectivity index (χ3n) is 4.57. The molecule has 34 heavy (non-hydrogen) atoms. The molecule has 0 aliphatic rings.